The molecule has 0 aliphatic carbocycles. The Morgan fingerprint density at radius 2 is 1.63 bits per heavy atom. The number of likely N-dealkylation sites (tertiary alicyclic amines) is 1. The first-order valence-corrected chi connectivity index (χ1v) is 22.0. The maximum absolute atomic E-state index is 13.3. The minimum atomic E-state index is -0.753. The summed E-state index contributed by atoms with van der Waals surface area (Å²) in [5.41, 5.74) is 2.48. The van der Waals surface area contributed by atoms with Gasteiger partial charge in [0.25, 0.3) is 5.91 Å². The third-order valence-corrected chi connectivity index (χ3v) is 13.5. The molecule has 2 N–H and O–H groups in total. The van der Waals surface area contributed by atoms with Crippen LogP contribution in [0.15, 0.2) is 89.4 Å². The van der Waals surface area contributed by atoms with Crippen LogP contribution in [-0.2, 0) is 9.59 Å². The third kappa shape index (κ3) is 9.52. The lowest BCUT2D eigenvalue weighted by molar-refractivity contribution is -0.136. The number of anilines is 1. The summed E-state index contributed by atoms with van der Waals surface area (Å²) in [6.07, 6.45) is 3.42. The number of amides is 3. The van der Waals surface area contributed by atoms with Crippen LogP contribution in [0, 0.1) is 5.92 Å². The number of nitrogens with one attached hydrogen (secondary N) is 1. The van der Waals surface area contributed by atoms with E-state index in [9.17, 15) is 24.3 Å². The van der Waals surface area contributed by atoms with Gasteiger partial charge in [-0.15, -0.1) is 11.3 Å². The van der Waals surface area contributed by atoms with Crippen LogP contribution in [0.4, 0.5) is 5.69 Å². The molecule has 3 fully saturated rings. The number of imide groups is 1. The number of carbonyl (C=O) groups is 4. The maximum atomic E-state index is 13.3. The van der Waals surface area contributed by atoms with Gasteiger partial charge in [0.05, 0.1) is 10.4 Å². The van der Waals surface area contributed by atoms with Gasteiger partial charge in [0.15, 0.2) is 12.0 Å². The first-order chi connectivity index (χ1) is 29.1. The van der Waals surface area contributed by atoms with Gasteiger partial charge in [-0.1, -0.05) is 28.1 Å². The Hall–Kier alpha value is -5.28. The molecule has 8 rings (SSSR count). The fraction of sp³-hybridized carbons (Fsp3) is 0.348. The molecule has 12 nitrogen and oxygen atoms in total. The molecule has 4 aromatic carbocycles. The minimum absolute atomic E-state index is 0.170. The Kier molecular flexibility index (Phi) is 12.8. The fourth-order valence-corrected chi connectivity index (χ4v) is 9.77. The summed E-state index contributed by atoms with van der Waals surface area (Å²) in [5.74, 6) is 1.89. The van der Waals surface area contributed by atoms with E-state index in [4.69, 9.17) is 9.47 Å². The average Bonchev–Trinajstić information content (AvgIpc) is 3.61. The van der Waals surface area contributed by atoms with Crippen LogP contribution in [-0.4, -0.2) is 116 Å². The number of hydrogen-bond acceptors (Lipinski definition) is 11. The van der Waals surface area contributed by atoms with Gasteiger partial charge in [-0.25, -0.2) is 0 Å². The van der Waals surface area contributed by atoms with Crippen LogP contribution in [0.1, 0.15) is 46.4 Å². The number of fused-ring (bicyclic) bond motifs is 1. The van der Waals surface area contributed by atoms with Crippen LogP contribution in [0.5, 0.6) is 23.0 Å². The van der Waals surface area contributed by atoms with Crippen LogP contribution in [0.3, 0.4) is 0 Å². The van der Waals surface area contributed by atoms with Crippen LogP contribution in [0.2, 0.25) is 0 Å². The van der Waals surface area contributed by atoms with Crippen molar-refractivity contribution in [2.24, 2.45) is 5.92 Å². The molecule has 1 unspecified atom stereocenters. The second-order valence-corrected chi connectivity index (χ2v) is 17.7. The number of piperidine rings is 2. The van der Waals surface area contributed by atoms with Crippen molar-refractivity contribution in [1.82, 2.24) is 20.0 Å². The van der Waals surface area contributed by atoms with Crippen LogP contribution < -0.4 is 19.7 Å². The highest BCUT2D eigenvalue weighted by atomic mass is 79.9. The smallest absolute Gasteiger partial charge is 0.255 e. The zero-order valence-electron chi connectivity index (χ0n) is 33.5. The highest BCUT2D eigenvalue weighted by Gasteiger charge is 2.33. The van der Waals surface area contributed by atoms with Gasteiger partial charge in [0, 0.05) is 78.5 Å². The quantitative estimate of drug-likeness (QED) is 0.0909. The molecule has 3 aliphatic rings. The Balaban J connectivity index is 0.764. The molecule has 4 heterocycles. The van der Waals surface area contributed by atoms with E-state index in [1.54, 1.807) is 35.6 Å². The monoisotopic (exact) mass is 893 g/mol. The van der Waals surface area contributed by atoms with Crippen molar-refractivity contribution < 1.29 is 33.8 Å². The zero-order valence-corrected chi connectivity index (χ0v) is 35.9. The largest absolute Gasteiger partial charge is 0.508 e. The van der Waals surface area contributed by atoms with E-state index >= 15 is 0 Å². The van der Waals surface area contributed by atoms with Crippen molar-refractivity contribution in [2.75, 3.05) is 70.9 Å². The molecule has 312 valence electrons. The van der Waals surface area contributed by atoms with Gasteiger partial charge in [0.1, 0.15) is 29.9 Å². The summed E-state index contributed by atoms with van der Waals surface area (Å²) in [6.45, 7) is 8.15. The molecule has 14 heteroatoms. The number of likely N-dealkylation sites (N-methyl/N-ethyl adjacent to an activating group) is 1. The maximum Gasteiger partial charge on any atom is 0.255 e. The van der Waals surface area contributed by atoms with E-state index in [2.05, 4.69) is 48.1 Å². The van der Waals surface area contributed by atoms with Crippen molar-refractivity contribution in [1.29, 1.82) is 0 Å². The van der Waals surface area contributed by atoms with E-state index in [1.165, 1.54) is 11.9 Å². The molecule has 1 aromatic heterocycles. The topological polar surface area (TPSA) is 132 Å². The molecule has 3 saturated heterocycles. The molecular weight excluding hydrogens is 847 g/mol. The molecule has 0 bridgehead atoms. The Bertz CT molecular complexity index is 2360. The van der Waals surface area contributed by atoms with Crippen molar-refractivity contribution in [3.63, 3.8) is 0 Å². The standard InChI is InChI=1S/C46H48BrN5O7S/c1-49(40-14-15-42(55)48-45(40)56)46(57)38-12-6-34(26-32(38)29-53)52-22-20-51(21-23-52)28-30-16-18-50(19-17-30)24-25-58-36-8-10-37(11-9-36)59-43-39-13-7-35(54)27-41(39)60-44(43)31-2-4-33(47)5-3-31/h2-13,26-27,29-30,40,54H,14-25,28H2,1H3,(H,48,55,56). The lowest BCUT2D eigenvalue weighted by atomic mass is 9.96. The summed E-state index contributed by atoms with van der Waals surface area (Å²) in [5, 5.41) is 13.3. The number of aromatic hydroxyl groups is 1. The van der Waals surface area contributed by atoms with E-state index in [-0.39, 0.29) is 35.6 Å². The number of piperazine rings is 1. The summed E-state index contributed by atoms with van der Waals surface area (Å²) >= 11 is 5.12. The molecule has 60 heavy (non-hydrogen) atoms. The molecule has 0 saturated carbocycles. The number of nitrogens with zero attached hydrogens (tertiary/aromatic N) is 4. The number of aldehydes is 1. The van der Waals surface area contributed by atoms with E-state index in [1.807, 2.05) is 48.5 Å². The Morgan fingerprint density at radius 1 is 0.900 bits per heavy atom. The van der Waals surface area contributed by atoms with Gasteiger partial charge >= 0.3 is 0 Å². The first-order valence-electron chi connectivity index (χ1n) is 20.4. The van der Waals surface area contributed by atoms with Gasteiger partial charge in [-0.05, 0) is 117 Å². The molecule has 0 radical (unpaired) electrons. The number of thiophene rings is 1. The summed E-state index contributed by atoms with van der Waals surface area (Å²) < 4.78 is 14.6. The lowest BCUT2D eigenvalue weighted by Gasteiger charge is -2.39. The predicted octanol–water partition coefficient (Wildman–Crippen LogP) is 7.43. The number of ether oxygens (including phenoxy) is 2. The predicted molar refractivity (Wildman–Crippen MR) is 237 cm³/mol. The third-order valence-electron chi connectivity index (χ3n) is 11.8. The number of halogens is 1. The van der Waals surface area contributed by atoms with Crippen molar-refractivity contribution in [2.45, 2.75) is 31.7 Å². The summed E-state index contributed by atoms with van der Waals surface area (Å²) in [7, 11) is 1.53. The van der Waals surface area contributed by atoms with Crippen molar-refractivity contribution in [3.8, 4) is 33.4 Å². The summed E-state index contributed by atoms with van der Waals surface area (Å²) in [4.78, 5) is 58.9. The first kappa shape index (κ1) is 41.5. The van der Waals surface area contributed by atoms with Crippen molar-refractivity contribution >= 4 is 67.0 Å². The molecule has 1 atom stereocenters. The highest BCUT2D eigenvalue weighted by Crippen LogP contribution is 2.47. The normalized spacial score (nSPS) is 18.0. The van der Waals surface area contributed by atoms with E-state index < -0.39 is 17.9 Å². The van der Waals surface area contributed by atoms with Gasteiger partial charge in [-0.3, -0.25) is 34.3 Å². The van der Waals surface area contributed by atoms with E-state index in [0.29, 0.717) is 24.6 Å². The van der Waals surface area contributed by atoms with Crippen LogP contribution >= 0.6 is 27.3 Å². The fourth-order valence-electron chi connectivity index (χ4n) is 8.34. The van der Waals surface area contributed by atoms with Gasteiger partial charge in [0.2, 0.25) is 11.8 Å². The second kappa shape index (κ2) is 18.5. The van der Waals surface area contributed by atoms with Crippen molar-refractivity contribution in [3.05, 3.63) is 101 Å². The number of benzene rings is 4. The van der Waals surface area contributed by atoms with Crippen LogP contribution in [0.25, 0.3) is 20.5 Å². The zero-order chi connectivity index (χ0) is 41.8. The van der Waals surface area contributed by atoms with E-state index in [0.717, 1.165) is 107 Å². The Labute approximate surface area is 361 Å². The minimum Gasteiger partial charge on any atom is -0.508 e. The number of phenolic OH excluding ortho intramolecular Hbond substituents is 1. The number of carbonyl (C=O) groups excluding carboxylic acids is 4. The number of phenols is 1. The molecule has 5 aromatic rings. The molecule has 3 amide bonds. The molecular formula is C46H48BrN5O7S. The SMILES string of the molecule is CN(C(=O)c1ccc(N2CCN(CC3CCN(CCOc4ccc(Oc5c(-c6ccc(Br)cc6)sc6cc(O)ccc56)cc4)CC3)CC2)cc1C=O)C1CCC(=O)NC1=O. The average molecular weight is 895 g/mol. The highest BCUT2D eigenvalue weighted by molar-refractivity contribution is 9.10. The van der Waals surface area contributed by atoms with Gasteiger partial charge < -0.3 is 24.4 Å². The molecule has 0 spiro atoms. The Morgan fingerprint density at radius 3 is 2.35 bits per heavy atom. The van der Waals surface area contributed by atoms with Gasteiger partial charge in [-0.2, -0.15) is 0 Å². The molecule has 3 aliphatic heterocycles. The number of rotatable bonds is 13. The number of hydrogen-bond donors (Lipinski definition) is 2. The lowest BCUT2D eigenvalue weighted by Crippen LogP contribution is -2.53. The summed E-state index contributed by atoms with van der Waals surface area (Å²) in [6, 6.07) is 25.8. The second-order valence-electron chi connectivity index (χ2n) is 15.7.